The molecular formula is C120H80N6. The number of benzene rings is 20. The number of fused-ring (bicyclic) bond motifs is 12. The summed E-state index contributed by atoms with van der Waals surface area (Å²) in [6.07, 6.45) is 0. The largest absolute Gasteiger partial charge is 0.311 e. The number of nitrogens with zero attached hydrogens (tertiary/aromatic N) is 6. The van der Waals surface area contributed by atoms with E-state index in [0.717, 1.165) is 135 Å². The van der Waals surface area contributed by atoms with Gasteiger partial charge in [0, 0.05) is 100.0 Å². The summed E-state index contributed by atoms with van der Waals surface area (Å²) < 4.78 is 9.57. The number of para-hydroxylation sites is 8. The molecule has 4 heterocycles. The Morgan fingerprint density at radius 1 is 0.111 bits per heavy atom. The Morgan fingerprint density at radius 2 is 0.254 bits per heavy atom. The lowest BCUT2D eigenvalue weighted by Crippen LogP contribution is -2.09. The van der Waals surface area contributed by atoms with Crippen molar-refractivity contribution in [3.8, 4) is 101 Å². The summed E-state index contributed by atoms with van der Waals surface area (Å²) >= 11 is 0. The molecule has 0 radical (unpaired) electrons. The monoisotopic (exact) mass is 1600 g/mol. The van der Waals surface area contributed by atoms with Crippen LogP contribution in [0.25, 0.3) is 188 Å². The van der Waals surface area contributed by atoms with Crippen LogP contribution in [-0.4, -0.2) is 18.3 Å². The highest BCUT2D eigenvalue weighted by Crippen LogP contribution is 2.45. The molecule has 0 amide bonds. The van der Waals surface area contributed by atoms with Crippen molar-refractivity contribution in [2.24, 2.45) is 0 Å². The van der Waals surface area contributed by atoms with E-state index in [4.69, 9.17) is 0 Å². The van der Waals surface area contributed by atoms with E-state index >= 15 is 0 Å². The van der Waals surface area contributed by atoms with E-state index in [1.807, 2.05) is 0 Å². The minimum absolute atomic E-state index is 1.05. The molecular weight excluding hydrogens is 1530 g/mol. The molecule has 126 heavy (non-hydrogen) atoms. The van der Waals surface area contributed by atoms with E-state index in [0.29, 0.717) is 0 Å². The van der Waals surface area contributed by atoms with Gasteiger partial charge in [-0.2, -0.15) is 0 Å². The maximum Gasteiger partial charge on any atom is 0.0541 e. The van der Waals surface area contributed by atoms with Crippen LogP contribution in [0.4, 0.5) is 34.1 Å². The Labute approximate surface area is 730 Å². The van der Waals surface area contributed by atoms with Crippen molar-refractivity contribution >= 4 is 121 Å². The first kappa shape index (κ1) is 73.1. The van der Waals surface area contributed by atoms with Gasteiger partial charge in [0.25, 0.3) is 0 Å². The van der Waals surface area contributed by atoms with Crippen LogP contribution in [-0.2, 0) is 0 Å². The molecule has 590 valence electrons. The first-order chi connectivity index (χ1) is 62.5. The Morgan fingerprint density at radius 3 is 0.429 bits per heavy atom. The predicted molar refractivity (Wildman–Crippen MR) is 531 cm³/mol. The summed E-state index contributed by atoms with van der Waals surface area (Å²) in [5.41, 5.74) is 36.4. The average molecular weight is 1610 g/mol. The zero-order chi connectivity index (χ0) is 83.1. The molecule has 0 fully saturated rings. The molecule has 0 bridgehead atoms. The van der Waals surface area contributed by atoms with Crippen LogP contribution in [0.2, 0.25) is 0 Å². The summed E-state index contributed by atoms with van der Waals surface area (Å²) in [7, 11) is 0. The van der Waals surface area contributed by atoms with Gasteiger partial charge in [-0.1, -0.05) is 303 Å². The first-order valence-electron chi connectivity index (χ1n) is 43.3. The third-order valence-electron chi connectivity index (χ3n) is 25.5. The molecule has 0 saturated carbocycles. The Hall–Kier alpha value is -16.8. The van der Waals surface area contributed by atoms with Crippen molar-refractivity contribution in [2.45, 2.75) is 0 Å². The van der Waals surface area contributed by atoms with Gasteiger partial charge in [0.15, 0.2) is 0 Å². The van der Waals surface area contributed by atoms with Gasteiger partial charge < -0.3 is 28.1 Å². The number of rotatable bonds is 17. The molecule has 0 aliphatic heterocycles. The van der Waals surface area contributed by atoms with Gasteiger partial charge >= 0.3 is 0 Å². The predicted octanol–water partition coefficient (Wildman–Crippen LogP) is 32.7. The highest BCUT2D eigenvalue weighted by molar-refractivity contribution is 6.13. The summed E-state index contributed by atoms with van der Waals surface area (Å²) in [5, 5.41) is 9.99. The van der Waals surface area contributed by atoms with Crippen LogP contribution in [0, 0.1) is 0 Å². The molecule has 6 heteroatoms. The van der Waals surface area contributed by atoms with Gasteiger partial charge in [-0.05, 0) is 260 Å². The Kier molecular flexibility index (Phi) is 17.8. The molecule has 6 nitrogen and oxygen atoms in total. The molecule has 0 spiro atoms. The van der Waals surface area contributed by atoms with Gasteiger partial charge in [0.1, 0.15) is 0 Å². The maximum atomic E-state index is 2.39. The molecule has 24 aromatic rings. The van der Waals surface area contributed by atoms with Crippen molar-refractivity contribution in [1.82, 2.24) is 18.3 Å². The van der Waals surface area contributed by atoms with E-state index in [2.05, 4.69) is 513 Å². The van der Waals surface area contributed by atoms with Gasteiger partial charge in [-0.15, -0.1) is 0 Å². The SMILES string of the molecule is c1cc(-c2ccc(N(c3ccc(-c4cccc(-n5c6ccccc6c6ccccc65)c4)cc3)c3ccc(-c4cccc(-n5c6ccccc6c6ccccc65)c4)cc3)cc2)cc(-c2cccc(-c3ccc(N(c4ccc(-c5cccc(-n6c7ccccc7c7ccccc76)c5)cc4)c4ccc(-c5cccc(-n6c7ccccc7c7ccccc76)c5)cc4)cc3)c2)c1. The van der Waals surface area contributed by atoms with E-state index in [1.54, 1.807) is 0 Å². The summed E-state index contributed by atoms with van der Waals surface area (Å²) in [6, 6.07) is 178. The Balaban J connectivity index is 0.536. The molecule has 0 unspecified atom stereocenters. The summed E-state index contributed by atoms with van der Waals surface area (Å²) in [5.74, 6) is 0. The van der Waals surface area contributed by atoms with Crippen LogP contribution in [0.5, 0.6) is 0 Å². The number of aromatic nitrogens is 4. The molecule has 0 aliphatic rings. The lowest BCUT2D eigenvalue weighted by molar-refractivity contribution is 1.18. The molecule has 0 N–H and O–H groups in total. The van der Waals surface area contributed by atoms with Crippen molar-refractivity contribution in [2.75, 3.05) is 9.80 Å². The first-order valence-corrected chi connectivity index (χ1v) is 43.3. The van der Waals surface area contributed by atoms with Crippen LogP contribution < -0.4 is 9.80 Å². The van der Waals surface area contributed by atoms with Crippen molar-refractivity contribution in [1.29, 1.82) is 0 Å². The fourth-order valence-electron chi connectivity index (χ4n) is 19.6. The summed E-state index contributed by atoms with van der Waals surface area (Å²) in [6.45, 7) is 0. The normalized spacial score (nSPS) is 11.7. The van der Waals surface area contributed by atoms with Crippen molar-refractivity contribution < 1.29 is 0 Å². The second-order valence-corrected chi connectivity index (χ2v) is 32.8. The molecule has 0 atom stereocenters. The molecule has 0 saturated heterocycles. The molecule has 20 aromatic carbocycles. The van der Waals surface area contributed by atoms with Crippen LogP contribution in [0.3, 0.4) is 0 Å². The van der Waals surface area contributed by atoms with E-state index in [9.17, 15) is 0 Å². The third-order valence-corrected chi connectivity index (χ3v) is 25.5. The smallest absolute Gasteiger partial charge is 0.0541 e. The van der Waals surface area contributed by atoms with Crippen molar-refractivity contribution in [3.05, 3.63) is 485 Å². The van der Waals surface area contributed by atoms with Crippen LogP contribution in [0.15, 0.2) is 485 Å². The van der Waals surface area contributed by atoms with Crippen molar-refractivity contribution in [3.63, 3.8) is 0 Å². The third kappa shape index (κ3) is 12.8. The Bertz CT molecular complexity index is 7200. The standard InChI is InChI=1S/C120H80N6/c1-9-43-113-105(35-1)106-36-2-10-44-114(106)123(113)101-31-19-27-91(77-101)83-55-67-97(68-56-83)121(98-69-57-84(58-70-98)92-28-20-32-102(78-92)124-115-45-11-3-37-107(115)108-38-4-12-46-116(108)124)95-63-51-81(52-64-95)87-23-17-25-89(75-87)90-26-18-24-88(76-90)82-53-65-96(66-54-82)122(99-71-59-85(60-72-99)93-29-21-33-103(79-93)125-117-47-13-5-39-109(117)110-40-6-14-48-118(110)125)100-73-61-86(62-74-100)94-30-22-34-104(80-94)126-119-49-15-7-41-111(119)112-42-8-16-50-120(112)126/h1-80H. The fraction of sp³-hybridized carbons (Fsp3) is 0. The number of hydrogen-bond acceptors (Lipinski definition) is 2. The van der Waals surface area contributed by atoms with E-state index < -0.39 is 0 Å². The topological polar surface area (TPSA) is 26.2 Å². The van der Waals surface area contributed by atoms with Gasteiger partial charge in [-0.25, -0.2) is 0 Å². The lowest BCUT2D eigenvalue weighted by Gasteiger charge is -2.26. The zero-order valence-corrected chi connectivity index (χ0v) is 68.9. The molecule has 24 rings (SSSR count). The van der Waals surface area contributed by atoms with Crippen LogP contribution in [0.1, 0.15) is 0 Å². The average Bonchev–Trinajstić information content (AvgIpc) is 1.56. The highest BCUT2D eigenvalue weighted by Gasteiger charge is 2.22. The van der Waals surface area contributed by atoms with Crippen LogP contribution >= 0.6 is 0 Å². The fourth-order valence-corrected chi connectivity index (χ4v) is 19.6. The second-order valence-electron chi connectivity index (χ2n) is 32.8. The zero-order valence-electron chi connectivity index (χ0n) is 68.9. The summed E-state index contributed by atoms with van der Waals surface area (Å²) in [4.78, 5) is 4.76. The highest BCUT2D eigenvalue weighted by atomic mass is 15.1. The number of hydrogen-bond donors (Lipinski definition) is 0. The minimum Gasteiger partial charge on any atom is -0.311 e. The van der Waals surface area contributed by atoms with Gasteiger partial charge in [0.05, 0.1) is 44.1 Å². The molecule has 4 aromatic heterocycles. The van der Waals surface area contributed by atoms with E-state index in [1.165, 1.54) is 87.2 Å². The van der Waals surface area contributed by atoms with Gasteiger partial charge in [0.2, 0.25) is 0 Å². The van der Waals surface area contributed by atoms with Gasteiger partial charge in [-0.3, -0.25) is 0 Å². The quantitative estimate of drug-likeness (QED) is 0.0908. The maximum absolute atomic E-state index is 2.39. The minimum atomic E-state index is 1.05. The second kappa shape index (κ2) is 30.7. The lowest BCUT2D eigenvalue weighted by atomic mass is 9.96. The number of anilines is 6. The van der Waals surface area contributed by atoms with E-state index in [-0.39, 0.29) is 0 Å². The molecule has 0 aliphatic carbocycles.